The second kappa shape index (κ2) is 6.36. The Morgan fingerprint density at radius 2 is 2.14 bits per heavy atom. The molecule has 0 radical (unpaired) electrons. The van der Waals surface area contributed by atoms with Gasteiger partial charge < -0.3 is 16.0 Å². The van der Waals surface area contributed by atoms with Crippen LogP contribution >= 0.6 is 11.3 Å². The first-order chi connectivity index (χ1) is 9.95. The van der Waals surface area contributed by atoms with E-state index in [1.807, 2.05) is 0 Å². The second-order valence-corrected chi connectivity index (χ2v) is 5.57. The van der Waals surface area contributed by atoms with Gasteiger partial charge in [-0.1, -0.05) is 6.07 Å². The van der Waals surface area contributed by atoms with Crippen molar-refractivity contribution in [3.8, 4) is 0 Å². The van der Waals surface area contributed by atoms with Crippen molar-refractivity contribution in [3.05, 3.63) is 40.9 Å². The summed E-state index contributed by atoms with van der Waals surface area (Å²) in [5.41, 5.74) is 7.26. The van der Waals surface area contributed by atoms with Crippen LogP contribution in [-0.4, -0.2) is 35.8 Å². The molecule has 1 aromatic heterocycles. The number of thiazole rings is 1. The highest BCUT2D eigenvalue weighted by Gasteiger charge is 2.10. The van der Waals surface area contributed by atoms with Gasteiger partial charge >= 0.3 is 0 Å². The van der Waals surface area contributed by atoms with E-state index in [4.69, 9.17) is 5.73 Å². The third kappa shape index (κ3) is 4.03. The minimum Gasteiger partial charge on any atom is -0.375 e. The number of rotatable bonds is 4. The highest BCUT2D eigenvalue weighted by Crippen LogP contribution is 2.14. The molecule has 2 rings (SSSR count). The van der Waals surface area contributed by atoms with Gasteiger partial charge in [-0.05, 0) is 18.2 Å². The summed E-state index contributed by atoms with van der Waals surface area (Å²) in [5.74, 6) is -0.312. The van der Waals surface area contributed by atoms with Crippen LogP contribution in [0.2, 0.25) is 0 Å². The van der Waals surface area contributed by atoms with E-state index in [1.165, 1.54) is 16.2 Å². The third-order valence-corrected chi connectivity index (χ3v) is 3.43. The van der Waals surface area contributed by atoms with Gasteiger partial charge in [0, 0.05) is 30.7 Å². The highest BCUT2D eigenvalue weighted by molar-refractivity contribution is 7.13. The molecule has 110 valence electrons. The van der Waals surface area contributed by atoms with E-state index in [-0.39, 0.29) is 18.2 Å². The quantitative estimate of drug-likeness (QED) is 0.898. The van der Waals surface area contributed by atoms with E-state index in [2.05, 4.69) is 10.3 Å². The molecular weight excluding hydrogens is 288 g/mol. The molecule has 0 atom stereocenters. The van der Waals surface area contributed by atoms with Gasteiger partial charge in [-0.3, -0.25) is 9.59 Å². The summed E-state index contributed by atoms with van der Waals surface area (Å²) in [4.78, 5) is 29.3. The standard InChI is InChI=1S/C14H16N4O2S/c1-18(2)13(20)9-4-3-5-10(6-9)16-12(19)7-11-8-21-14(15)17-11/h3-6,8H,7H2,1-2H3,(H2,15,17)(H,16,19). The third-order valence-electron chi connectivity index (χ3n) is 2.71. The average molecular weight is 304 g/mol. The van der Waals surface area contributed by atoms with E-state index < -0.39 is 0 Å². The number of amides is 2. The first kappa shape index (κ1) is 15.0. The molecule has 2 aromatic rings. The average Bonchev–Trinajstić information content (AvgIpc) is 2.83. The lowest BCUT2D eigenvalue weighted by atomic mass is 10.1. The Bertz CT molecular complexity index is 666. The van der Waals surface area contributed by atoms with Crippen molar-refractivity contribution in [1.29, 1.82) is 0 Å². The fourth-order valence-electron chi connectivity index (χ4n) is 1.76. The molecule has 1 aromatic carbocycles. The topological polar surface area (TPSA) is 88.3 Å². The molecule has 0 unspecified atom stereocenters. The Morgan fingerprint density at radius 1 is 1.38 bits per heavy atom. The molecule has 0 aliphatic carbocycles. The van der Waals surface area contributed by atoms with Crippen LogP contribution in [0.4, 0.5) is 10.8 Å². The molecule has 0 saturated carbocycles. The Balaban J connectivity index is 2.04. The maximum Gasteiger partial charge on any atom is 0.253 e. The van der Waals surface area contributed by atoms with Crippen molar-refractivity contribution in [2.45, 2.75) is 6.42 Å². The van der Waals surface area contributed by atoms with Crippen LogP contribution in [-0.2, 0) is 11.2 Å². The van der Waals surface area contributed by atoms with Crippen LogP contribution in [0.3, 0.4) is 0 Å². The zero-order valence-electron chi connectivity index (χ0n) is 11.8. The van der Waals surface area contributed by atoms with Crippen LogP contribution in [0.15, 0.2) is 29.6 Å². The molecule has 0 aliphatic rings. The SMILES string of the molecule is CN(C)C(=O)c1cccc(NC(=O)Cc2csc(N)n2)c1. The maximum absolute atomic E-state index is 11.9. The fraction of sp³-hybridized carbons (Fsp3) is 0.214. The molecule has 0 aliphatic heterocycles. The number of nitrogen functional groups attached to an aromatic ring is 1. The maximum atomic E-state index is 11.9. The van der Waals surface area contributed by atoms with Gasteiger partial charge in [-0.2, -0.15) is 0 Å². The molecule has 3 N–H and O–H groups in total. The van der Waals surface area contributed by atoms with Crippen molar-refractivity contribution in [2.24, 2.45) is 0 Å². The van der Waals surface area contributed by atoms with Gasteiger partial charge in [0.1, 0.15) is 0 Å². The molecule has 0 bridgehead atoms. The lowest BCUT2D eigenvalue weighted by Crippen LogP contribution is -2.22. The van der Waals surface area contributed by atoms with Crippen molar-refractivity contribution >= 4 is 34.0 Å². The molecular formula is C14H16N4O2S. The molecule has 0 saturated heterocycles. The summed E-state index contributed by atoms with van der Waals surface area (Å²) in [5, 5.41) is 4.94. The summed E-state index contributed by atoms with van der Waals surface area (Å²) in [6.07, 6.45) is 0.152. The number of aromatic nitrogens is 1. The van der Waals surface area contributed by atoms with Gasteiger partial charge in [0.2, 0.25) is 5.91 Å². The Hall–Kier alpha value is -2.41. The number of anilines is 2. The second-order valence-electron chi connectivity index (χ2n) is 4.68. The Morgan fingerprint density at radius 3 is 2.76 bits per heavy atom. The van der Waals surface area contributed by atoms with E-state index >= 15 is 0 Å². The van der Waals surface area contributed by atoms with E-state index in [1.54, 1.807) is 43.7 Å². The summed E-state index contributed by atoms with van der Waals surface area (Å²) in [6, 6.07) is 6.82. The molecule has 1 heterocycles. The number of nitrogens with zero attached hydrogens (tertiary/aromatic N) is 2. The van der Waals surface area contributed by atoms with Gasteiger partial charge in [-0.25, -0.2) is 4.98 Å². The molecule has 21 heavy (non-hydrogen) atoms. The van der Waals surface area contributed by atoms with Crippen molar-refractivity contribution in [3.63, 3.8) is 0 Å². The van der Waals surface area contributed by atoms with Gasteiger partial charge in [-0.15, -0.1) is 11.3 Å². The van der Waals surface area contributed by atoms with E-state index in [0.717, 1.165) is 0 Å². The smallest absolute Gasteiger partial charge is 0.253 e. The highest BCUT2D eigenvalue weighted by atomic mass is 32.1. The lowest BCUT2D eigenvalue weighted by molar-refractivity contribution is -0.115. The Kier molecular flexibility index (Phi) is 4.54. The van der Waals surface area contributed by atoms with Gasteiger partial charge in [0.05, 0.1) is 12.1 Å². The van der Waals surface area contributed by atoms with E-state index in [9.17, 15) is 9.59 Å². The predicted octanol–water partition coefficient (Wildman–Crippen LogP) is 1.61. The number of hydrogen-bond acceptors (Lipinski definition) is 5. The zero-order valence-corrected chi connectivity index (χ0v) is 12.6. The van der Waals surface area contributed by atoms with E-state index in [0.29, 0.717) is 22.1 Å². The zero-order chi connectivity index (χ0) is 15.4. The van der Waals surface area contributed by atoms with Crippen molar-refractivity contribution < 1.29 is 9.59 Å². The number of nitrogens with two attached hydrogens (primary N) is 1. The first-order valence-electron chi connectivity index (χ1n) is 6.27. The Labute approximate surface area is 126 Å². The number of benzene rings is 1. The lowest BCUT2D eigenvalue weighted by Gasteiger charge is -2.11. The fourth-order valence-corrected chi connectivity index (χ4v) is 2.32. The van der Waals surface area contributed by atoms with Crippen LogP contribution in [0.5, 0.6) is 0 Å². The molecule has 6 nitrogen and oxygen atoms in total. The minimum absolute atomic E-state index is 0.113. The number of carbonyl (C=O) groups excluding carboxylic acids is 2. The van der Waals surface area contributed by atoms with Crippen LogP contribution in [0.1, 0.15) is 16.1 Å². The first-order valence-corrected chi connectivity index (χ1v) is 7.15. The molecule has 0 spiro atoms. The number of carbonyl (C=O) groups is 2. The minimum atomic E-state index is -0.199. The summed E-state index contributed by atoms with van der Waals surface area (Å²) in [6.45, 7) is 0. The monoisotopic (exact) mass is 304 g/mol. The summed E-state index contributed by atoms with van der Waals surface area (Å²) < 4.78 is 0. The number of nitrogens with one attached hydrogen (secondary N) is 1. The van der Waals surface area contributed by atoms with Crippen molar-refractivity contribution in [1.82, 2.24) is 9.88 Å². The van der Waals surface area contributed by atoms with Crippen molar-refractivity contribution in [2.75, 3.05) is 25.1 Å². The van der Waals surface area contributed by atoms with Gasteiger partial charge in [0.15, 0.2) is 5.13 Å². The number of hydrogen-bond donors (Lipinski definition) is 2. The van der Waals surface area contributed by atoms with Gasteiger partial charge in [0.25, 0.3) is 5.91 Å². The van der Waals surface area contributed by atoms with Crippen LogP contribution < -0.4 is 11.1 Å². The van der Waals surface area contributed by atoms with Crippen LogP contribution in [0.25, 0.3) is 0 Å². The molecule has 0 fully saturated rings. The normalized spacial score (nSPS) is 10.2. The summed E-state index contributed by atoms with van der Waals surface area (Å²) >= 11 is 1.30. The predicted molar refractivity (Wildman–Crippen MR) is 83.3 cm³/mol. The molecule has 2 amide bonds. The largest absolute Gasteiger partial charge is 0.375 e. The van der Waals surface area contributed by atoms with Crippen LogP contribution in [0, 0.1) is 0 Å². The summed E-state index contributed by atoms with van der Waals surface area (Å²) in [7, 11) is 3.36. The molecule has 7 heteroatoms.